The van der Waals surface area contributed by atoms with Gasteiger partial charge in [0.15, 0.2) is 0 Å². The number of carboxylic acids is 1. The number of carbonyl (C=O) groups excluding carboxylic acids is 1. The SMILES string of the molecule is CC(=O)[O-].CC(C)(C)c1ccccc1[PH2+]c1ccccc1C(C)(C)C. The number of aliphatic carboxylic acids is 1. The smallest absolute Gasteiger partial charge is 0.0979 e. The van der Waals surface area contributed by atoms with Gasteiger partial charge in [-0.2, -0.15) is 0 Å². The van der Waals surface area contributed by atoms with Crippen LogP contribution in [0.2, 0.25) is 0 Å². The summed E-state index contributed by atoms with van der Waals surface area (Å²) in [6.07, 6.45) is 0. The van der Waals surface area contributed by atoms with Gasteiger partial charge in [-0.3, -0.25) is 0 Å². The molecule has 3 heteroatoms. The molecule has 0 amide bonds. The summed E-state index contributed by atoms with van der Waals surface area (Å²) in [5, 5.41) is 11.9. The highest BCUT2D eigenvalue weighted by molar-refractivity contribution is 7.55. The molecule has 136 valence electrons. The molecule has 0 aliphatic carbocycles. The molecule has 0 fully saturated rings. The van der Waals surface area contributed by atoms with Crippen molar-refractivity contribution in [2.75, 3.05) is 0 Å². The van der Waals surface area contributed by atoms with Crippen molar-refractivity contribution in [2.45, 2.75) is 59.3 Å². The second-order valence-corrected chi connectivity index (χ2v) is 9.84. The Kier molecular flexibility index (Phi) is 7.38. The van der Waals surface area contributed by atoms with E-state index in [1.165, 1.54) is 21.7 Å². The summed E-state index contributed by atoms with van der Waals surface area (Å²) in [5.74, 6) is -1.08. The van der Waals surface area contributed by atoms with E-state index >= 15 is 0 Å². The predicted octanol–water partition coefficient (Wildman–Crippen LogP) is 3.40. The van der Waals surface area contributed by atoms with Gasteiger partial charge in [-0.05, 0) is 41.0 Å². The molecule has 0 spiro atoms. The van der Waals surface area contributed by atoms with Crippen LogP contribution in [0.15, 0.2) is 48.5 Å². The molecule has 2 aromatic rings. The molecule has 0 bridgehead atoms. The summed E-state index contributed by atoms with van der Waals surface area (Å²) in [4.78, 5) is 8.89. The topological polar surface area (TPSA) is 40.1 Å². The van der Waals surface area contributed by atoms with Crippen molar-refractivity contribution >= 4 is 25.2 Å². The second kappa shape index (κ2) is 8.63. The molecule has 0 unspecified atom stereocenters. The Morgan fingerprint density at radius 3 is 1.32 bits per heavy atom. The summed E-state index contributed by atoms with van der Waals surface area (Å²) in [5.41, 5.74) is 3.40. The summed E-state index contributed by atoms with van der Waals surface area (Å²) < 4.78 is 0. The van der Waals surface area contributed by atoms with Crippen LogP contribution in [0.5, 0.6) is 0 Å². The number of carbonyl (C=O) groups is 1. The number of hydrogen-bond donors (Lipinski definition) is 0. The molecule has 0 saturated heterocycles. The van der Waals surface area contributed by atoms with Gasteiger partial charge in [-0.25, -0.2) is 0 Å². The van der Waals surface area contributed by atoms with Crippen molar-refractivity contribution in [1.82, 2.24) is 0 Å². The summed E-state index contributed by atoms with van der Waals surface area (Å²) >= 11 is 0. The average Bonchev–Trinajstić information content (AvgIpc) is 2.45. The maximum Gasteiger partial charge on any atom is 0.0979 e. The lowest BCUT2D eigenvalue weighted by atomic mass is 9.87. The molecule has 25 heavy (non-hydrogen) atoms. The summed E-state index contributed by atoms with van der Waals surface area (Å²) in [6, 6.07) is 17.9. The first kappa shape index (κ1) is 21.4. The highest BCUT2D eigenvalue weighted by atomic mass is 31.1. The minimum absolute atomic E-state index is 0.135. The lowest BCUT2D eigenvalue weighted by Gasteiger charge is -2.22. The van der Waals surface area contributed by atoms with E-state index in [9.17, 15) is 0 Å². The molecule has 0 saturated carbocycles. The first-order valence-electron chi connectivity index (χ1n) is 8.64. The van der Waals surface area contributed by atoms with Crippen LogP contribution in [0.1, 0.15) is 59.6 Å². The normalized spacial score (nSPS) is 11.5. The van der Waals surface area contributed by atoms with E-state index in [1.54, 1.807) is 0 Å². The van der Waals surface area contributed by atoms with Gasteiger partial charge < -0.3 is 9.90 Å². The monoisotopic (exact) mass is 358 g/mol. The van der Waals surface area contributed by atoms with E-state index in [0.29, 0.717) is 0 Å². The van der Waals surface area contributed by atoms with E-state index in [1.807, 2.05) is 0 Å². The fourth-order valence-electron chi connectivity index (χ4n) is 2.78. The van der Waals surface area contributed by atoms with Gasteiger partial charge in [-0.15, -0.1) is 0 Å². The number of carboxylic acid groups (broad SMARTS) is 1. The lowest BCUT2D eigenvalue weighted by Crippen LogP contribution is -2.24. The first-order chi connectivity index (χ1) is 11.4. The average molecular weight is 358 g/mol. The van der Waals surface area contributed by atoms with Gasteiger partial charge in [0.25, 0.3) is 0 Å². The molecule has 0 N–H and O–H groups in total. The molecule has 2 aromatic carbocycles. The van der Waals surface area contributed by atoms with Crippen molar-refractivity contribution in [3.05, 3.63) is 59.7 Å². The third kappa shape index (κ3) is 7.00. The Bertz CT molecular complexity index is 647. The molecule has 0 aliphatic rings. The van der Waals surface area contributed by atoms with Crippen LogP contribution < -0.4 is 15.7 Å². The van der Waals surface area contributed by atoms with Gasteiger partial charge in [-0.1, -0.05) is 77.9 Å². The highest BCUT2D eigenvalue weighted by Gasteiger charge is 2.24. The maximum atomic E-state index is 8.89. The highest BCUT2D eigenvalue weighted by Crippen LogP contribution is 2.29. The molecule has 0 atom stereocenters. The lowest BCUT2D eigenvalue weighted by molar-refractivity contribution is -0.302. The van der Waals surface area contributed by atoms with Gasteiger partial charge in [0.2, 0.25) is 0 Å². The molecule has 2 nitrogen and oxygen atoms in total. The molecule has 2 rings (SSSR count). The third-order valence-corrected chi connectivity index (χ3v) is 5.48. The minimum atomic E-state index is -1.08. The maximum absolute atomic E-state index is 8.89. The van der Waals surface area contributed by atoms with Gasteiger partial charge in [0, 0.05) is 5.97 Å². The van der Waals surface area contributed by atoms with Crippen molar-refractivity contribution in [1.29, 1.82) is 0 Å². The van der Waals surface area contributed by atoms with E-state index in [-0.39, 0.29) is 19.4 Å². The molecule has 0 aromatic heterocycles. The quantitative estimate of drug-likeness (QED) is 0.772. The molecule has 0 aliphatic heterocycles. The Hall–Kier alpha value is -1.66. The molecule has 0 heterocycles. The van der Waals surface area contributed by atoms with Gasteiger partial charge in [0.05, 0.1) is 19.2 Å². The standard InChI is InChI=1S/C20H27P.C2H4O2/c1-19(2,3)15-11-7-9-13-17(15)21-18-14-10-8-12-16(18)20(4,5)6;1-2(3)4/h7-14,21H,1-6H3;1H3,(H,3,4). The van der Waals surface area contributed by atoms with Crippen LogP contribution in [0, 0.1) is 0 Å². The summed E-state index contributed by atoms with van der Waals surface area (Å²) in [7, 11) is 0.135. The second-order valence-electron chi connectivity index (χ2n) is 8.31. The van der Waals surface area contributed by atoms with Crippen LogP contribution in [0.25, 0.3) is 0 Å². The number of benzene rings is 2. The van der Waals surface area contributed by atoms with E-state index in [0.717, 1.165) is 6.92 Å². The van der Waals surface area contributed by atoms with Crippen molar-refractivity contribution in [3.63, 3.8) is 0 Å². The minimum Gasteiger partial charge on any atom is -0.550 e. The van der Waals surface area contributed by atoms with Crippen LogP contribution in [-0.4, -0.2) is 5.97 Å². The molecular formula is C22H31O2P. The van der Waals surface area contributed by atoms with Crippen LogP contribution in [0.4, 0.5) is 0 Å². The Labute approximate surface area is 154 Å². The predicted molar refractivity (Wildman–Crippen MR) is 110 cm³/mol. The zero-order valence-electron chi connectivity index (χ0n) is 16.5. The third-order valence-electron chi connectivity index (χ3n) is 3.85. The van der Waals surface area contributed by atoms with E-state index < -0.39 is 5.97 Å². The van der Waals surface area contributed by atoms with E-state index in [4.69, 9.17) is 9.90 Å². The number of hydrogen-bond acceptors (Lipinski definition) is 2. The zero-order chi connectivity index (χ0) is 19.3. The Morgan fingerprint density at radius 1 is 0.760 bits per heavy atom. The largest absolute Gasteiger partial charge is 0.550 e. The first-order valence-corrected chi connectivity index (χ1v) is 9.79. The van der Waals surface area contributed by atoms with Crippen molar-refractivity contribution < 1.29 is 9.90 Å². The zero-order valence-corrected chi connectivity index (χ0v) is 17.7. The van der Waals surface area contributed by atoms with Crippen LogP contribution >= 0.6 is 8.58 Å². The molecule has 0 radical (unpaired) electrons. The fourth-order valence-corrected chi connectivity index (χ4v) is 4.90. The Morgan fingerprint density at radius 2 is 1.04 bits per heavy atom. The molecular weight excluding hydrogens is 327 g/mol. The fraction of sp³-hybridized carbons (Fsp3) is 0.409. The van der Waals surface area contributed by atoms with E-state index in [2.05, 4.69) is 90.1 Å². The Balaban J connectivity index is 0.000000705. The van der Waals surface area contributed by atoms with Crippen LogP contribution in [-0.2, 0) is 15.6 Å². The summed E-state index contributed by atoms with van der Waals surface area (Å²) in [6.45, 7) is 14.8. The number of rotatable bonds is 2. The van der Waals surface area contributed by atoms with Gasteiger partial charge in [0.1, 0.15) is 0 Å². The van der Waals surface area contributed by atoms with Crippen molar-refractivity contribution in [2.24, 2.45) is 0 Å². The van der Waals surface area contributed by atoms with Crippen molar-refractivity contribution in [3.8, 4) is 0 Å². The van der Waals surface area contributed by atoms with Gasteiger partial charge >= 0.3 is 0 Å². The van der Waals surface area contributed by atoms with Crippen LogP contribution in [0.3, 0.4) is 0 Å².